The lowest BCUT2D eigenvalue weighted by molar-refractivity contribution is 0.529. The first-order valence-electron chi connectivity index (χ1n) is 7.28. The lowest BCUT2D eigenvalue weighted by Gasteiger charge is -2.19. The number of hydrogen-bond donors (Lipinski definition) is 1. The van der Waals surface area contributed by atoms with Crippen molar-refractivity contribution < 1.29 is 8.78 Å². The molecular formula is C16H21F2N3. The molecule has 0 radical (unpaired) electrons. The summed E-state index contributed by atoms with van der Waals surface area (Å²) in [5, 5.41) is 7.55. The Bertz CT molecular complexity index is 608. The highest BCUT2D eigenvalue weighted by atomic mass is 19.1. The zero-order valence-corrected chi connectivity index (χ0v) is 12.7. The van der Waals surface area contributed by atoms with Crippen LogP contribution in [-0.2, 0) is 6.54 Å². The molecule has 0 fully saturated rings. The average Bonchev–Trinajstić information content (AvgIpc) is 2.93. The second-order valence-electron chi connectivity index (χ2n) is 5.14. The molecule has 21 heavy (non-hydrogen) atoms. The normalized spacial score (nSPS) is 12.6. The zero-order chi connectivity index (χ0) is 15.4. The second-order valence-corrected chi connectivity index (χ2v) is 5.14. The van der Waals surface area contributed by atoms with Gasteiger partial charge in [0.15, 0.2) is 0 Å². The van der Waals surface area contributed by atoms with E-state index < -0.39 is 11.6 Å². The van der Waals surface area contributed by atoms with Crippen LogP contribution >= 0.6 is 0 Å². The fourth-order valence-corrected chi connectivity index (χ4v) is 2.30. The van der Waals surface area contributed by atoms with E-state index in [0.29, 0.717) is 11.1 Å². The predicted octanol–water partition coefficient (Wildman–Crippen LogP) is 3.58. The number of rotatable bonds is 6. The van der Waals surface area contributed by atoms with E-state index in [4.69, 9.17) is 0 Å². The van der Waals surface area contributed by atoms with Crippen molar-refractivity contribution in [3.8, 4) is 0 Å². The van der Waals surface area contributed by atoms with Gasteiger partial charge in [-0.1, -0.05) is 6.92 Å². The number of halogens is 2. The Morgan fingerprint density at radius 1 is 1.24 bits per heavy atom. The van der Waals surface area contributed by atoms with E-state index in [1.165, 1.54) is 0 Å². The first kappa shape index (κ1) is 15.6. The molecule has 1 aromatic heterocycles. The quantitative estimate of drug-likeness (QED) is 0.882. The van der Waals surface area contributed by atoms with E-state index in [9.17, 15) is 8.78 Å². The highest BCUT2D eigenvalue weighted by Crippen LogP contribution is 2.26. The van der Waals surface area contributed by atoms with Crippen molar-refractivity contribution in [2.24, 2.45) is 0 Å². The van der Waals surface area contributed by atoms with Crippen molar-refractivity contribution >= 4 is 0 Å². The molecular weight excluding hydrogens is 272 g/mol. The van der Waals surface area contributed by atoms with Crippen LogP contribution in [0.25, 0.3) is 0 Å². The van der Waals surface area contributed by atoms with E-state index >= 15 is 0 Å². The lowest BCUT2D eigenvalue weighted by Crippen LogP contribution is -2.24. The van der Waals surface area contributed by atoms with Crippen molar-refractivity contribution in [1.82, 2.24) is 15.1 Å². The number of aryl methyl sites for hydroxylation is 2. The summed E-state index contributed by atoms with van der Waals surface area (Å²) in [6.07, 6.45) is 4.56. The maximum absolute atomic E-state index is 14.2. The summed E-state index contributed by atoms with van der Waals surface area (Å²) in [6.45, 7) is 7.19. The average molecular weight is 293 g/mol. The molecule has 0 bridgehead atoms. The molecule has 0 amide bonds. The summed E-state index contributed by atoms with van der Waals surface area (Å²) in [6, 6.07) is 2.21. The Labute approximate surface area is 124 Å². The van der Waals surface area contributed by atoms with Crippen LogP contribution in [0.2, 0.25) is 0 Å². The van der Waals surface area contributed by atoms with Crippen LogP contribution in [0, 0.1) is 18.6 Å². The number of aromatic nitrogens is 2. The Kier molecular flexibility index (Phi) is 5.07. The molecule has 3 nitrogen and oxygen atoms in total. The fraction of sp³-hybridized carbons (Fsp3) is 0.438. The van der Waals surface area contributed by atoms with Gasteiger partial charge in [-0.3, -0.25) is 4.68 Å². The van der Waals surface area contributed by atoms with Crippen LogP contribution in [0.4, 0.5) is 8.78 Å². The summed E-state index contributed by atoms with van der Waals surface area (Å²) in [4.78, 5) is 0. The van der Waals surface area contributed by atoms with Crippen LogP contribution in [0.3, 0.4) is 0 Å². The summed E-state index contributed by atoms with van der Waals surface area (Å²) in [7, 11) is 0. The molecule has 1 atom stereocenters. The summed E-state index contributed by atoms with van der Waals surface area (Å²) >= 11 is 0. The Morgan fingerprint density at radius 2 is 2.00 bits per heavy atom. The first-order chi connectivity index (χ1) is 10.1. The van der Waals surface area contributed by atoms with Gasteiger partial charge in [0.05, 0.1) is 12.2 Å². The van der Waals surface area contributed by atoms with Gasteiger partial charge in [-0.15, -0.1) is 0 Å². The van der Waals surface area contributed by atoms with Crippen LogP contribution in [0.15, 0.2) is 24.5 Å². The van der Waals surface area contributed by atoms with Crippen molar-refractivity contribution in [2.75, 3.05) is 6.54 Å². The molecule has 1 heterocycles. The van der Waals surface area contributed by atoms with Crippen molar-refractivity contribution in [2.45, 2.75) is 39.8 Å². The molecule has 2 aromatic rings. The van der Waals surface area contributed by atoms with Crippen molar-refractivity contribution in [1.29, 1.82) is 0 Å². The zero-order valence-electron chi connectivity index (χ0n) is 12.7. The minimum atomic E-state index is -0.532. The number of hydrogen-bond acceptors (Lipinski definition) is 2. The monoisotopic (exact) mass is 293 g/mol. The molecule has 0 aliphatic rings. The van der Waals surface area contributed by atoms with Gasteiger partial charge < -0.3 is 5.32 Å². The minimum Gasteiger partial charge on any atom is -0.306 e. The van der Waals surface area contributed by atoms with Gasteiger partial charge in [-0.2, -0.15) is 5.10 Å². The highest BCUT2D eigenvalue weighted by molar-refractivity contribution is 5.34. The van der Waals surface area contributed by atoms with Gasteiger partial charge in [0.1, 0.15) is 11.6 Å². The van der Waals surface area contributed by atoms with Gasteiger partial charge in [0.2, 0.25) is 0 Å². The first-order valence-corrected chi connectivity index (χ1v) is 7.28. The highest BCUT2D eigenvalue weighted by Gasteiger charge is 2.20. The molecule has 0 spiro atoms. The molecule has 0 aliphatic heterocycles. The summed E-state index contributed by atoms with van der Waals surface area (Å²) in [5.74, 6) is -1.05. The topological polar surface area (TPSA) is 29.9 Å². The van der Waals surface area contributed by atoms with Gasteiger partial charge in [-0.25, -0.2) is 8.78 Å². The largest absolute Gasteiger partial charge is 0.306 e. The van der Waals surface area contributed by atoms with E-state index in [0.717, 1.165) is 31.1 Å². The van der Waals surface area contributed by atoms with E-state index in [-0.39, 0.29) is 6.04 Å². The molecule has 1 N–H and O–H groups in total. The Morgan fingerprint density at radius 3 is 2.62 bits per heavy atom. The molecule has 0 aliphatic carbocycles. The van der Waals surface area contributed by atoms with Crippen molar-refractivity contribution in [3.63, 3.8) is 0 Å². The lowest BCUT2D eigenvalue weighted by atomic mass is 9.98. The maximum Gasteiger partial charge on any atom is 0.131 e. The van der Waals surface area contributed by atoms with Crippen LogP contribution in [0.5, 0.6) is 0 Å². The molecule has 114 valence electrons. The summed E-state index contributed by atoms with van der Waals surface area (Å²) in [5.41, 5.74) is 1.78. The molecule has 0 saturated heterocycles. The summed E-state index contributed by atoms with van der Waals surface area (Å²) < 4.78 is 29.4. The van der Waals surface area contributed by atoms with Gasteiger partial charge in [0.25, 0.3) is 0 Å². The number of nitrogens with zero attached hydrogens (tertiary/aromatic N) is 2. The second kappa shape index (κ2) is 6.80. The number of nitrogens with one attached hydrogen (secondary N) is 1. The standard InChI is InChI=1S/C16H21F2N3/c1-4-6-19-16(12-9-20-21(5-2)10-12)13-7-11(3)14(17)8-15(13)18/h7-10,16,19H,4-6H2,1-3H3. The van der Waals surface area contributed by atoms with Gasteiger partial charge in [-0.05, 0) is 38.4 Å². The molecule has 5 heteroatoms. The van der Waals surface area contributed by atoms with Gasteiger partial charge in [0, 0.05) is 29.9 Å². The molecule has 1 unspecified atom stereocenters. The predicted molar refractivity (Wildman–Crippen MR) is 79.1 cm³/mol. The van der Waals surface area contributed by atoms with Crippen LogP contribution in [0.1, 0.15) is 43.0 Å². The van der Waals surface area contributed by atoms with Crippen molar-refractivity contribution in [3.05, 3.63) is 52.9 Å². The smallest absolute Gasteiger partial charge is 0.131 e. The molecule has 2 rings (SSSR count). The number of benzene rings is 1. The Hall–Kier alpha value is -1.75. The van der Waals surface area contributed by atoms with Crippen LogP contribution in [-0.4, -0.2) is 16.3 Å². The maximum atomic E-state index is 14.2. The van der Waals surface area contributed by atoms with E-state index in [1.54, 1.807) is 23.9 Å². The fourth-order valence-electron chi connectivity index (χ4n) is 2.30. The van der Waals surface area contributed by atoms with E-state index in [2.05, 4.69) is 10.4 Å². The SMILES string of the molecule is CCCNC(c1cnn(CC)c1)c1cc(C)c(F)cc1F. The third-order valence-electron chi connectivity index (χ3n) is 3.50. The van der Waals surface area contributed by atoms with Gasteiger partial charge >= 0.3 is 0 Å². The molecule has 0 saturated carbocycles. The molecule has 1 aromatic carbocycles. The third-order valence-corrected chi connectivity index (χ3v) is 3.50. The van der Waals surface area contributed by atoms with Crippen LogP contribution < -0.4 is 5.32 Å². The Balaban J connectivity index is 2.42. The third kappa shape index (κ3) is 3.47. The van der Waals surface area contributed by atoms with E-state index in [1.807, 2.05) is 20.0 Å². The minimum absolute atomic E-state index is 0.315.